The quantitative estimate of drug-likeness (QED) is 0.0853. The molecule has 3 amide bonds. The van der Waals surface area contributed by atoms with Crippen molar-refractivity contribution < 1.29 is 33.1 Å². The van der Waals surface area contributed by atoms with Gasteiger partial charge >= 0.3 is 12.0 Å². The van der Waals surface area contributed by atoms with Gasteiger partial charge in [-0.05, 0) is 44.3 Å². The van der Waals surface area contributed by atoms with Crippen LogP contribution in [0.3, 0.4) is 0 Å². The van der Waals surface area contributed by atoms with E-state index >= 15 is 0 Å². The van der Waals surface area contributed by atoms with E-state index in [-0.39, 0.29) is 23.0 Å². The maximum absolute atomic E-state index is 13.4. The summed E-state index contributed by atoms with van der Waals surface area (Å²) < 4.78 is 11.9. The van der Waals surface area contributed by atoms with Crippen LogP contribution in [0.5, 0.6) is 0 Å². The summed E-state index contributed by atoms with van der Waals surface area (Å²) in [4.78, 5) is 67.5. The number of carbonyl (C=O) groups excluding carboxylic acids is 5. The van der Waals surface area contributed by atoms with Gasteiger partial charge < -0.3 is 14.1 Å². The zero-order chi connectivity index (χ0) is 28.9. The summed E-state index contributed by atoms with van der Waals surface area (Å²) >= 11 is 1.16. The van der Waals surface area contributed by atoms with Crippen molar-refractivity contribution >= 4 is 48.9 Å². The fourth-order valence-electron chi connectivity index (χ4n) is 6.18. The summed E-state index contributed by atoms with van der Waals surface area (Å²) in [6.45, 7) is 15.7. The first kappa shape index (κ1) is 31.1. The number of amides is 3. The van der Waals surface area contributed by atoms with E-state index in [0.717, 1.165) is 53.7 Å². The molecule has 0 saturated carbocycles. The van der Waals surface area contributed by atoms with E-state index in [2.05, 4.69) is 39.7 Å². The molecule has 11 heteroatoms. The van der Waals surface area contributed by atoms with Crippen LogP contribution in [-0.4, -0.2) is 83.5 Å². The summed E-state index contributed by atoms with van der Waals surface area (Å²) in [6.07, 6.45) is 3.38. The molecule has 0 unspecified atom stereocenters. The van der Waals surface area contributed by atoms with E-state index in [1.165, 1.54) is 6.08 Å². The largest absolute Gasteiger partial charge is 0.445 e. The number of nitrogens with zero attached hydrogens (tertiary/aromatic N) is 2. The number of thioether (sulfide) groups is 1. The van der Waals surface area contributed by atoms with E-state index in [1.807, 2.05) is 6.92 Å². The third kappa shape index (κ3) is 6.16. The number of β-lactam (4-membered cyclic amide) rings is 1. The van der Waals surface area contributed by atoms with E-state index in [4.69, 9.17) is 9.16 Å². The molecule has 9 nitrogen and oxygen atoms in total. The SMILES string of the molecule is C=C=CC(=O)C(=O)N1C(=O)[C@H]([C@@H](C)O[Si](CC)(CC)CC)[C@H]1[C@H]1C[C@H]([C@@H]2CCCN2C(=O)OCC=C)SC1=O. The Morgan fingerprint density at radius 1 is 1.21 bits per heavy atom. The molecule has 39 heavy (non-hydrogen) atoms. The fraction of sp³-hybridized carbons (Fsp3) is 0.643. The molecule has 214 valence electrons. The Balaban J connectivity index is 1.88. The van der Waals surface area contributed by atoms with Crippen LogP contribution in [0.2, 0.25) is 18.1 Å². The second-order valence-electron chi connectivity index (χ2n) is 10.4. The summed E-state index contributed by atoms with van der Waals surface area (Å²) in [7, 11) is -2.09. The van der Waals surface area contributed by atoms with Gasteiger partial charge in [0.15, 0.2) is 13.4 Å². The molecule has 0 aromatic rings. The van der Waals surface area contributed by atoms with Gasteiger partial charge in [0.2, 0.25) is 5.91 Å². The van der Waals surface area contributed by atoms with Crippen molar-refractivity contribution in [2.24, 2.45) is 11.8 Å². The maximum Gasteiger partial charge on any atom is 0.410 e. The van der Waals surface area contributed by atoms with E-state index in [1.54, 1.807) is 4.90 Å². The van der Waals surface area contributed by atoms with Crippen LogP contribution in [0.1, 0.15) is 47.0 Å². The molecule has 0 N–H and O–H groups in total. The zero-order valence-corrected chi connectivity index (χ0v) is 25.2. The van der Waals surface area contributed by atoms with Crippen molar-refractivity contribution in [1.29, 1.82) is 0 Å². The van der Waals surface area contributed by atoms with Crippen molar-refractivity contribution in [3.63, 3.8) is 0 Å². The Labute approximate surface area is 236 Å². The van der Waals surface area contributed by atoms with E-state index in [0.29, 0.717) is 13.0 Å². The summed E-state index contributed by atoms with van der Waals surface area (Å²) in [5.74, 6) is -3.75. The predicted molar refractivity (Wildman–Crippen MR) is 151 cm³/mol. The lowest BCUT2D eigenvalue weighted by Crippen LogP contribution is -2.70. The number of likely N-dealkylation sites (tertiary alicyclic amines) is 2. The summed E-state index contributed by atoms with van der Waals surface area (Å²) in [5.41, 5.74) is 2.29. The zero-order valence-electron chi connectivity index (χ0n) is 23.4. The lowest BCUT2D eigenvalue weighted by Gasteiger charge is -2.51. The number of ketones is 1. The Bertz CT molecular complexity index is 1050. The molecule has 0 aromatic heterocycles. The molecule has 3 saturated heterocycles. The number of hydrogen-bond acceptors (Lipinski definition) is 8. The molecular weight excluding hydrogens is 536 g/mol. The lowest BCUT2D eigenvalue weighted by molar-refractivity contribution is -0.177. The number of hydrogen-bond donors (Lipinski definition) is 0. The number of ether oxygens (including phenoxy) is 1. The second kappa shape index (κ2) is 13.3. The molecular formula is C28H40N2O7SSi. The molecule has 3 rings (SSSR count). The number of carbonyl (C=O) groups is 5. The van der Waals surface area contributed by atoms with Crippen molar-refractivity contribution in [3.8, 4) is 0 Å². The van der Waals surface area contributed by atoms with Crippen molar-refractivity contribution in [2.45, 2.75) is 88.5 Å². The average Bonchev–Trinajstić information content (AvgIpc) is 3.55. The molecule has 3 fully saturated rings. The van der Waals surface area contributed by atoms with Crippen LogP contribution in [0.4, 0.5) is 4.79 Å². The minimum absolute atomic E-state index is 0.105. The van der Waals surface area contributed by atoms with Gasteiger partial charge in [-0.1, -0.05) is 51.8 Å². The van der Waals surface area contributed by atoms with Crippen LogP contribution in [0, 0.1) is 11.8 Å². The Morgan fingerprint density at radius 3 is 2.46 bits per heavy atom. The maximum atomic E-state index is 13.4. The smallest absolute Gasteiger partial charge is 0.410 e. The molecule has 0 spiro atoms. The van der Waals surface area contributed by atoms with Crippen LogP contribution in [0.25, 0.3) is 0 Å². The van der Waals surface area contributed by atoms with Gasteiger partial charge in [-0.15, -0.1) is 5.73 Å². The molecule has 0 bridgehead atoms. The molecule has 3 aliphatic heterocycles. The fourth-order valence-corrected chi connectivity index (χ4v) is 10.6. The Morgan fingerprint density at radius 2 is 1.87 bits per heavy atom. The van der Waals surface area contributed by atoms with Crippen molar-refractivity contribution in [1.82, 2.24) is 9.80 Å². The highest BCUT2D eigenvalue weighted by Gasteiger charge is 2.61. The van der Waals surface area contributed by atoms with Gasteiger partial charge in [-0.3, -0.25) is 24.1 Å². The van der Waals surface area contributed by atoms with Crippen molar-refractivity contribution in [3.05, 3.63) is 31.0 Å². The second-order valence-corrected chi connectivity index (χ2v) is 16.4. The summed E-state index contributed by atoms with van der Waals surface area (Å²) in [6, 6.07) is 1.69. The van der Waals surface area contributed by atoms with E-state index < -0.39 is 56.0 Å². The van der Waals surface area contributed by atoms with Crippen molar-refractivity contribution in [2.75, 3.05) is 13.2 Å². The predicted octanol–water partition coefficient (Wildman–Crippen LogP) is 4.10. The van der Waals surface area contributed by atoms with Crippen LogP contribution >= 0.6 is 11.8 Å². The van der Waals surface area contributed by atoms with Gasteiger partial charge in [0.05, 0.1) is 24.0 Å². The van der Waals surface area contributed by atoms with Gasteiger partial charge in [0.25, 0.3) is 5.78 Å². The average molecular weight is 577 g/mol. The standard InChI is InChI=1S/C28H40N2O7SSi/c1-7-13-21(31)25(32)30-24(23(26(30)33)18(6)37-39(9-3,10-4)11-5)19-17-22(38-27(19)34)20-14-12-15-29(20)28(35)36-16-8-2/h8,13,18-20,22-24H,1-2,9-12,14-17H2,3-6H3/t18-,19-,20+,22-,23-,24-/m1/s1. The minimum atomic E-state index is -2.09. The molecule has 3 heterocycles. The molecule has 3 aliphatic rings. The first-order valence-electron chi connectivity index (χ1n) is 13.8. The molecule has 0 aliphatic carbocycles. The molecule has 6 atom stereocenters. The number of imide groups is 1. The highest BCUT2D eigenvalue weighted by atomic mass is 32.2. The summed E-state index contributed by atoms with van der Waals surface area (Å²) in [5, 5.41) is -0.347. The molecule has 0 aromatic carbocycles. The molecule has 0 radical (unpaired) electrons. The van der Waals surface area contributed by atoms with Crippen LogP contribution in [-0.2, 0) is 28.3 Å². The third-order valence-electron chi connectivity index (χ3n) is 8.48. The van der Waals surface area contributed by atoms with Gasteiger partial charge in [0, 0.05) is 23.9 Å². The topological polar surface area (TPSA) is 110 Å². The highest BCUT2D eigenvalue weighted by molar-refractivity contribution is 8.14. The third-order valence-corrected chi connectivity index (χ3v) is 14.6. The van der Waals surface area contributed by atoms with Crippen LogP contribution < -0.4 is 0 Å². The Kier molecular flexibility index (Phi) is 10.6. The van der Waals surface area contributed by atoms with Gasteiger partial charge in [0.1, 0.15) is 6.61 Å². The van der Waals surface area contributed by atoms with Gasteiger partial charge in [-0.2, -0.15) is 0 Å². The minimum Gasteiger partial charge on any atom is -0.445 e. The number of rotatable bonds is 12. The van der Waals surface area contributed by atoms with Gasteiger partial charge in [-0.25, -0.2) is 4.79 Å². The monoisotopic (exact) mass is 576 g/mol. The Hall–Kier alpha value is -2.46. The normalized spacial score (nSPS) is 27.5. The highest BCUT2D eigenvalue weighted by Crippen LogP contribution is 2.48. The lowest BCUT2D eigenvalue weighted by atomic mass is 9.74. The van der Waals surface area contributed by atoms with Crippen LogP contribution in [0.15, 0.2) is 31.0 Å². The van der Waals surface area contributed by atoms with E-state index in [9.17, 15) is 24.0 Å². The first-order chi connectivity index (χ1) is 18.6. The first-order valence-corrected chi connectivity index (χ1v) is 17.2.